The molecule has 1 amide bonds. The molecule has 2 atom stereocenters. The molecule has 36 heavy (non-hydrogen) atoms. The predicted octanol–water partition coefficient (Wildman–Crippen LogP) is 4.64. The number of nitrogens with one attached hydrogen (secondary N) is 1. The van der Waals surface area contributed by atoms with Gasteiger partial charge in [-0.25, -0.2) is 15.0 Å². The molecule has 1 aliphatic heterocycles. The third-order valence-corrected chi connectivity index (χ3v) is 6.76. The highest BCUT2D eigenvalue weighted by Gasteiger charge is 2.31. The Balaban J connectivity index is 1.41. The van der Waals surface area contributed by atoms with Gasteiger partial charge in [-0.1, -0.05) is 17.7 Å². The lowest BCUT2D eigenvalue weighted by Crippen LogP contribution is -2.58. The van der Waals surface area contributed by atoms with Gasteiger partial charge in [0.05, 0.1) is 35.9 Å². The van der Waals surface area contributed by atoms with Crippen LogP contribution in [0.5, 0.6) is 5.75 Å². The molecule has 0 radical (unpaired) electrons. The summed E-state index contributed by atoms with van der Waals surface area (Å²) in [5.41, 5.74) is 3.92. The highest BCUT2D eigenvalue weighted by atomic mass is 35.5. The molecule has 4 heterocycles. The number of halogens is 1. The second-order valence-electron chi connectivity index (χ2n) is 9.00. The number of ether oxygens (including phenoxy) is 1. The lowest BCUT2D eigenvalue weighted by molar-refractivity contribution is -0.133. The minimum atomic E-state index is 0.109. The first kappa shape index (κ1) is 23.9. The maximum Gasteiger partial charge on any atom is 0.227 e. The van der Waals surface area contributed by atoms with Crippen molar-refractivity contribution < 1.29 is 9.53 Å². The van der Waals surface area contributed by atoms with Crippen molar-refractivity contribution in [3.05, 3.63) is 60.0 Å². The van der Waals surface area contributed by atoms with Crippen LogP contribution in [0.25, 0.3) is 17.0 Å². The number of anilines is 3. The maximum absolute atomic E-state index is 12.0. The predicted molar refractivity (Wildman–Crippen MR) is 141 cm³/mol. The standard InChI is InChI=1S/C26H28ClN7O2/c1-16-14-32(15-17(2)34(16)18(3)35)19-8-9-21(23(11-19)36-4)30-26-29-12-20(27)25(31-26)22-13-28-24-7-5-6-10-33(22)24/h5-13,16-17H,14-15H2,1-4H3,(H,29,30,31). The van der Waals surface area contributed by atoms with Gasteiger partial charge in [0.15, 0.2) is 0 Å². The molecule has 1 fully saturated rings. The summed E-state index contributed by atoms with van der Waals surface area (Å²) in [7, 11) is 1.63. The Morgan fingerprint density at radius 3 is 2.61 bits per heavy atom. The van der Waals surface area contributed by atoms with E-state index in [2.05, 4.69) is 39.0 Å². The number of benzene rings is 1. The van der Waals surface area contributed by atoms with Gasteiger partial charge in [0.25, 0.3) is 0 Å². The molecule has 4 aromatic rings. The summed E-state index contributed by atoms with van der Waals surface area (Å²) in [6.45, 7) is 7.30. The van der Waals surface area contributed by atoms with Crippen LogP contribution < -0.4 is 15.0 Å². The highest BCUT2D eigenvalue weighted by Crippen LogP contribution is 2.34. The monoisotopic (exact) mass is 505 g/mol. The lowest BCUT2D eigenvalue weighted by atomic mass is 10.1. The van der Waals surface area contributed by atoms with Crippen LogP contribution in [0.4, 0.5) is 17.3 Å². The summed E-state index contributed by atoms with van der Waals surface area (Å²) >= 11 is 6.46. The highest BCUT2D eigenvalue weighted by molar-refractivity contribution is 6.32. The van der Waals surface area contributed by atoms with E-state index in [0.29, 0.717) is 22.4 Å². The van der Waals surface area contributed by atoms with Crippen LogP contribution in [-0.2, 0) is 4.79 Å². The topological polar surface area (TPSA) is 87.9 Å². The van der Waals surface area contributed by atoms with Crippen molar-refractivity contribution in [3.8, 4) is 17.1 Å². The zero-order valence-corrected chi connectivity index (χ0v) is 21.4. The molecule has 0 bridgehead atoms. The summed E-state index contributed by atoms with van der Waals surface area (Å²) in [4.78, 5) is 29.7. The van der Waals surface area contributed by atoms with Crippen molar-refractivity contribution >= 4 is 40.5 Å². The fourth-order valence-electron chi connectivity index (χ4n) is 4.97. The number of amides is 1. The molecule has 10 heteroatoms. The van der Waals surface area contributed by atoms with Crippen molar-refractivity contribution in [1.82, 2.24) is 24.3 Å². The number of pyridine rings is 1. The molecule has 2 unspecified atom stereocenters. The third-order valence-electron chi connectivity index (χ3n) is 6.48. The number of nitrogens with zero attached hydrogens (tertiary/aromatic N) is 6. The molecule has 0 aliphatic carbocycles. The fourth-order valence-corrected chi connectivity index (χ4v) is 5.16. The summed E-state index contributed by atoms with van der Waals surface area (Å²) in [5, 5.41) is 3.70. The van der Waals surface area contributed by atoms with Gasteiger partial charge >= 0.3 is 0 Å². The van der Waals surface area contributed by atoms with Crippen molar-refractivity contribution in [2.24, 2.45) is 0 Å². The van der Waals surface area contributed by atoms with E-state index in [0.717, 1.165) is 35.8 Å². The first-order chi connectivity index (χ1) is 17.4. The number of fused-ring (bicyclic) bond motifs is 1. The zero-order valence-electron chi connectivity index (χ0n) is 20.6. The van der Waals surface area contributed by atoms with Crippen molar-refractivity contribution in [2.45, 2.75) is 32.9 Å². The molecule has 3 aromatic heterocycles. The van der Waals surface area contributed by atoms with Gasteiger partial charge in [0, 0.05) is 50.0 Å². The summed E-state index contributed by atoms with van der Waals surface area (Å²) in [5.74, 6) is 1.17. The van der Waals surface area contributed by atoms with E-state index < -0.39 is 0 Å². The number of methoxy groups -OCH3 is 1. The smallest absolute Gasteiger partial charge is 0.227 e. The van der Waals surface area contributed by atoms with E-state index in [1.54, 1.807) is 26.4 Å². The Hall–Kier alpha value is -3.85. The Labute approximate surface area is 214 Å². The second-order valence-corrected chi connectivity index (χ2v) is 9.41. The SMILES string of the molecule is COc1cc(N2CC(C)N(C(C)=O)C(C)C2)ccc1Nc1ncc(Cl)c(-c2cnc3ccccn23)n1. The normalized spacial score (nSPS) is 17.9. The number of aromatic nitrogens is 4. The van der Waals surface area contributed by atoms with Crippen LogP contribution in [0.3, 0.4) is 0 Å². The van der Waals surface area contributed by atoms with Gasteiger partial charge in [-0.15, -0.1) is 0 Å². The number of hydrogen-bond donors (Lipinski definition) is 1. The average molecular weight is 506 g/mol. The minimum absolute atomic E-state index is 0.109. The quantitative estimate of drug-likeness (QED) is 0.422. The van der Waals surface area contributed by atoms with E-state index >= 15 is 0 Å². The van der Waals surface area contributed by atoms with Crippen molar-refractivity contribution in [2.75, 3.05) is 30.4 Å². The number of rotatable bonds is 5. The Kier molecular flexibility index (Phi) is 6.40. The van der Waals surface area contributed by atoms with Crippen LogP contribution >= 0.6 is 11.6 Å². The number of hydrogen-bond acceptors (Lipinski definition) is 7. The average Bonchev–Trinajstić information content (AvgIpc) is 3.28. The summed E-state index contributed by atoms with van der Waals surface area (Å²) in [6, 6.07) is 12.0. The first-order valence-corrected chi connectivity index (χ1v) is 12.2. The molecule has 9 nitrogen and oxygen atoms in total. The third kappa shape index (κ3) is 4.42. The first-order valence-electron chi connectivity index (χ1n) is 11.8. The van der Waals surface area contributed by atoms with Crippen LogP contribution in [0.15, 0.2) is 55.0 Å². The molecule has 1 aliphatic rings. The molecular weight excluding hydrogens is 478 g/mol. The van der Waals surface area contributed by atoms with Gasteiger partial charge in [0.1, 0.15) is 17.1 Å². The van der Waals surface area contributed by atoms with Crippen LogP contribution in [0.2, 0.25) is 5.02 Å². The lowest BCUT2D eigenvalue weighted by Gasteiger charge is -2.45. The molecule has 1 aromatic carbocycles. The minimum Gasteiger partial charge on any atom is -0.494 e. The molecule has 0 spiro atoms. The van der Waals surface area contributed by atoms with Crippen molar-refractivity contribution in [3.63, 3.8) is 0 Å². The second kappa shape index (κ2) is 9.66. The molecule has 0 saturated carbocycles. The zero-order chi connectivity index (χ0) is 25.4. The summed E-state index contributed by atoms with van der Waals surface area (Å²) < 4.78 is 7.63. The van der Waals surface area contributed by atoms with Gasteiger partial charge in [0.2, 0.25) is 11.9 Å². The van der Waals surface area contributed by atoms with Gasteiger partial charge < -0.3 is 19.9 Å². The van der Waals surface area contributed by atoms with Crippen LogP contribution in [0, 0.1) is 0 Å². The maximum atomic E-state index is 12.0. The van der Waals surface area contributed by atoms with Crippen LogP contribution in [0.1, 0.15) is 20.8 Å². The summed E-state index contributed by atoms with van der Waals surface area (Å²) in [6.07, 6.45) is 5.24. The van der Waals surface area contributed by atoms with Gasteiger partial charge in [-0.3, -0.25) is 9.20 Å². The Morgan fingerprint density at radius 1 is 1.11 bits per heavy atom. The van der Waals surface area contributed by atoms with Gasteiger partial charge in [-0.05, 0) is 38.1 Å². The van der Waals surface area contributed by atoms with Crippen molar-refractivity contribution in [1.29, 1.82) is 0 Å². The van der Waals surface area contributed by atoms with Gasteiger partial charge in [-0.2, -0.15) is 0 Å². The Bertz CT molecular complexity index is 1410. The Morgan fingerprint density at radius 2 is 1.89 bits per heavy atom. The van der Waals surface area contributed by atoms with E-state index in [9.17, 15) is 4.79 Å². The van der Waals surface area contributed by atoms with E-state index in [4.69, 9.17) is 16.3 Å². The number of imidazole rings is 1. The van der Waals surface area contributed by atoms with E-state index in [1.165, 1.54) is 0 Å². The number of carbonyl (C=O) groups excluding carboxylic acids is 1. The van der Waals surface area contributed by atoms with E-state index in [1.807, 2.05) is 51.9 Å². The fraction of sp³-hybridized carbons (Fsp3) is 0.308. The van der Waals surface area contributed by atoms with Crippen LogP contribution in [-0.4, -0.2) is 62.4 Å². The van der Waals surface area contributed by atoms with E-state index in [-0.39, 0.29) is 18.0 Å². The molecule has 186 valence electrons. The number of carbonyl (C=O) groups is 1. The number of piperazine rings is 1. The molecule has 1 saturated heterocycles. The molecule has 5 rings (SSSR count). The molecule has 1 N–H and O–H groups in total. The largest absolute Gasteiger partial charge is 0.494 e. The molecular formula is C26H28ClN7O2.